The molecule has 0 radical (unpaired) electrons. The van der Waals surface area contributed by atoms with Gasteiger partial charge in [-0.2, -0.15) is 0 Å². The van der Waals surface area contributed by atoms with Crippen molar-refractivity contribution in [1.82, 2.24) is 10.6 Å². The van der Waals surface area contributed by atoms with Crippen LogP contribution in [0, 0.1) is 0 Å². The Morgan fingerprint density at radius 2 is 0.586 bits per heavy atom. The molecule has 2 rings (SSSR count). The van der Waals surface area contributed by atoms with E-state index in [-0.39, 0.29) is 11.8 Å². The highest BCUT2D eigenvalue weighted by molar-refractivity contribution is 5.76. The molecule has 2 aliphatic rings. The number of carbonyl (C=O) groups is 2. The van der Waals surface area contributed by atoms with E-state index in [9.17, 15) is 9.59 Å². The molecule has 4 heteroatoms. The van der Waals surface area contributed by atoms with E-state index < -0.39 is 0 Å². The lowest BCUT2D eigenvalue weighted by Gasteiger charge is -2.07. The molecular weight excluding hydrogens is 360 g/mol. The van der Waals surface area contributed by atoms with Crippen LogP contribution >= 0.6 is 0 Å². The van der Waals surface area contributed by atoms with Gasteiger partial charge in [-0.3, -0.25) is 9.59 Å². The van der Waals surface area contributed by atoms with Crippen molar-refractivity contribution in [1.29, 1.82) is 0 Å². The van der Waals surface area contributed by atoms with Gasteiger partial charge in [-0.05, 0) is 25.7 Å². The quantitative estimate of drug-likeness (QED) is 0.485. The second-order valence-electron chi connectivity index (χ2n) is 8.92. The third-order valence-electron chi connectivity index (χ3n) is 6.06. The van der Waals surface area contributed by atoms with Crippen LogP contribution in [-0.2, 0) is 9.59 Å². The summed E-state index contributed by atoms with van der Waals surface area (Å²) in [6.45, 7) is 1.78. The molecule has 2 amide bonds. The summed E-state index contributed by atoms with van der Waals surface area (Å²) in [4.78, 5) is 22.6. The van der Waals surface area contributed by atoms with Crippen LogP contribution in [0.5, 0.6) is 0 Å². The Labute approximate surface area is 180 Å². The Kier molecular flexibility index (Phi) is 18.1. The number of nitrogens with one attached hydrogen (secondary N) is 2. The minimum atomic E-state index is 0.254. The first-order valence-corrected chi connectivity index (χ1v) is 12.8. The Bertz CT molecular complexity index is 366. The second kappa shape index (κ2) is 20.2. The minimum Gasteiger partial charge on any atom is -0.356 e. The van der Waals surface area contributed by atoms with E-state index in [1.165, 1.54) is 96.3 Å². The number of amides is 2. The number of carbonyl (C=O) groups excluding carboxylic acids is 2. The van der Waals surface area contributed by atoms with Gasteiger partial charge in [0, 0.05) is 25.9 Å². The molecule has 2 N–H and O–H groups in total. The van der Waals surface area contributed by atoms with Crippen molar-refractivity contribution in [2.75, 3.05) is 13.1 Å². The molecule has 0 bridgehead atoms. The van der Waals surface area contributed by atoms with Crippen molar-refractivity contribution >= 4 is 11.8 Å². The summed E-state index contributed by atoms with van der Waals surface area (Å²) >= 11 is 0. The summed E-state index contributed by atoms with van der Waals surface area (Å²) < 4.78 is 0. The standard InChI is InChI=1S/C13H25NO.C12H23NO/c15-13-11-9-7-5-3-1-2-4-6-8-10-12-14-13;14-12-10-8-6-4-2-1-3-5-7-9-11-13-12/h1-12H2,(H,14,15);1-11H2,(H,13,14). The molecule has 2 fully saturated rings. The molecule has 2 aliphatic heterocycles. The van der Waals surface area contributed by atoms with E-state index in [2.05, 4.69) is 10.6 Å². The van der Waals surface area contributed by atoms with Crippen LogP contribution in [0.15, 0.2) is 0 Å². The van der Waals surface area contributed by atoms with E-state index >= 15 is 0 Å². The monoisotopic (exact) mass is 408 g/mol. The van der Waals surface area contributed by atoms with Gasteiger partial charge in [0.15, 0.2) is 0 Å². The number of rotatable bonds is 0. The molecule has 170 valence electrons. The van der Waals surface area contributed by atoms with E-state index in [1.807, 2.05) is 0 Å². The van der Waals surface area contributed by atoms with Gasteiger partial charge in [0.1, 0.15) is 0 Å². The normalized spacial score (nSPS) is 22.8. The van der Waals surface area contributed by atoms with Crippen molar-refractivity contribution in [2.24, 2.45) is 0 Å². The van der Waals surface area contributed by atoms with Gasteiger partial charge < -0.3 is 10.6 Å². The summed E-state index contributed by atoms with van der Waals surface area (Å²) in [7, 11) is 0. The van der Waals surface area contributed by atoms with E-state index in [1.54, 1.807) is 0 Å². The molecule has 0 aromatic rings. The molecular formula is C25H48N2O2. The zero-order chi connectivity index (χ0) is 20.8. The highest BCUT2D eigenvalue weighted by Crippen LogP contribution is 2.12. The highest BCUT2D eigenvalue weighted by Gasteiger charge is 2.02. The molecule has 0 spiro atoms. The summed E-state index contributed by atoms with van der Waals surface area (Å²) in [5, 5.41) is 5.98. The molecule has 4 nitrogen and oxygen atoms in total. The average molecular weight is 409 g/mol. The predicted molar refractivity (Wildman–Crippen MR) is 123 cm³/mol. The molecule has 0 atom stereocenters. The van der Waals surface area contributed by atoms with Crippen LogP contribution in [0.2, 0.25) is 0 Å². The van der Waals surface area contributed by atoms with Crippen LogP contribution in [0.3, 0.4) is 0 Å². The average Bonchev–Trinajstić information content (AvgIpc) is 2.74. The van der Waals surface area contributed by atoms with Gasteiger partial charge in [-0.25, -0.2) is 0 Å². The molecule has 0 aromatic heterocycles. The Balaban J connectivity index is 0.000000291. The molecule has 0 saturated carbocycles. The largest absolute Gasteiger partial charge is 0.356 e. The first kappa shape index (κ1) is 26.0. The maximum Gasteiger partial charge on any atom is 0.219 e. The fourth-order valence-electron chi connectivity index (χ4n) is 4.11. The second-order valence-corrected chi connectivity index (χ2v) is 8.92. The highest BCUT2D eigenvalue weighted by atomic mass is 16.2. The van der Waals surface area contributed by atoms with Crippen LogP contribution < -0.4 is 10.6 Å². The summed E-state index contributed by atoms with van der Waals surface area (Å²) in [5.74, 6) is 0.510. The zero-order valence-electron chi connectivity index (χ0n) is 19.1. The van der Waals surface area contributed by atoms with Crippen LogP contribution in [0.25, 0.3) is 0 Å². The van der Waals surface area contributed by atoms with Gasteiger partial charge in [0.05, 0.1) is 0 Å². The van der Waals surface area contributed by atoms with Crippen LogP contribution in [0.1, 0.15) is 135 Å². The molecule has 0 unspecified atom stereocenters. The Hall–Kier alpha value is -1.06. The van der Waals surface area contributed by atoms with Crippen molar-refractivity contribution in [2.45, 2.75) is 135 Å². The Morgan fingerprint density at radius 1 is 0.345 bits per heavy atom. The Morgan fingerprint density at radius 3 is 0.897 bits per heavy atom. The molecule has 0 aliphatic carbocycles. The lowest BCUT2D eigenvalue weighted by Crippen LogP contribution is -2.23. The maximum atomic E-state index is 11.3. The summed E-state index contributed by atoms with van der Waals surface area (Å²) in [5.41, 5.74) is 0. The summed E-state index contributed by atoms with van der Waals surface area (Å²) in [6, 6.07) is 0. The molecule has 2 saturated heterocycles. The SMILES string of the molecule is O=C1CCCCCCCCCCCCN1.O=C1CCCCCCCCCCCN1. The lowest BCUT2D eigenvalue weighted by atomic mass is 10.0. The molecule has 0 aromatic carbocycles. The van der Waals surface area contributed by atoms with E-state index in [0.29, 0.717) is 0 Å². The van der Waals surface area contributed by atoms with Gasteiger partial charge >= 0.3 is 0 Å². The van der Waals surface area contributed by atoms with Crippen LogP contribution in [-0.4, -0.2) is 24.9 Å². The van der Waals surface area contributed by atoms with Crippen molar-refractivity contribution in [3.8, 4) is 0 Å². The maximum absolute atomic E-state index is 11.3. The fraction of sp³-hybridized carbons (Fsp3) is 0.920. The third kappa shape index (κ3) is 18.7. The lowest BCUT2D eigenvalue weighted by molar-refractivity contribution is -0.122. The number of hydrogen-bond acceptors (Lipinski definition) is 2. The predicted octanol–water partition coefficient (Wildman–Crippen LogP) is 6.42. The van der Waals surface area contributed by atoms with Crippen molar-refractivity contribution in [3.63, 3.8) is 0 Å². The third-order valence-corrected chi connectivity index (χ3v) is 6.06. The smallest absolute Gasteiger partial charge is 0.219 e. The first-order valence-electron chi connectivity index (χ1n) is 12.8. The van der Waals surface area contributed by atoms with E-state index in [4.69, 9.17) is 0 Å². The zero-order valence-corrected chi connectivity index (χ0v) is 19.1. The van der Waals surface area contributed by atoms with Gasteiger partial charge in [-0.15, -0.1) is 0 Å². The topological polar surface area (TPSA) is 58.2 Å². The molecule has 29 heavy (non-hydrogen) atoms. The van der Waals surface area contributed by atoms with Gasteiger partial charge in [-0.1, -0.05) is 96.3 Å². The summed E-state index contributed by atoms with van der Waals surface area (Å²) in [6.07, 6.45) is 26.0. The van der Waals surface area contributed by atoms with Crippen molar-refractivity contribution < 1.29 is 9.59 Å². The van der Waals surface area contributed by atoms with Crippen molar-refractivity contribution in [3.05, 3.63) is 0 Å². The first-order chi connectivity index (χ1) is 14.3. The van der Waals surface area contributed by atoms with Crippen LogP contribution in [0.4, 0.5) is 0 Å². The fourth-order valence-corrected chi connectivity index (χ4v) is 4.11. The molecule has 2 heterocycles. The minimum absolute atomic E-state index is 0.254. The van der Waals surface area contributed by atoms with Gasteiger partial charge in [0.25, 0.3) is 0 Å². The van der Waals surface area contributed by atoms with Gasteiger partial charge in [0.2, 0.25) is 11.8 Å². The number of hydrogen-bond donors (Lipinski definition) is 2. The van der Waals surface area contributed by atoms with E-state index in [0.717, 1.165) is 51.6 Å².